The Bertz CT molecular complexity index is 419. The average Bonchev–Trinajstić information content (AvgIpc) is 2.68. The number of hydrogen-bond acceptors (Lipinski definition) is 3. The van der Waals surface area contributed by atoms with Gasteiger partial charge < -0.3 is 14.8 Å². The molecular formula is C15H23NO2. The molecule has 18 heavy (non-hydrogen) atoms. The molecule has 3 nitrogen and oxygen atoms in total. The molecule has 0 saturated carbocycles. The number of aryl methyl sites for hydroxylation is 1. The van der Waals surface area contributed by atoms with Crippen molar-refractivity contribution >= 4 is 0 Å². The Morgan fingerprint density at radius 3 is 2.89 bits per heavy atom. The van der Waals surface area contributed by atoms with Gasteiger partial charge in [-0.25, -0.2) is 0 Å². The van der Waals surface area contributed by atoms with E-state index in [4.69, 9.17) is 9.47 Å². The van der Waals surface area contributed by atoms with Gasteiger partial charge in [-0.1, -0.05) is 17.7 Å². The first kappa shape index (κ1) is 13.4. The van der Waals surface area contributed by atoms with Crippen LogP contribution in [-0.4, -0.2) is 25.4 Å². The zero-order valence-electron chi connectivity index (χ0n) is 11.7. The second kappa shape index (κ2) is 5.29. The summed E-state index contributed by atoms with van der Waals surface area (Å²) in [6, 6.07) is 6.28. The summed E-state index contributed by atoms with van der Waals surface area (Å²) in [6.07, 6.45) is 1.32. The molecule has 2 rings (SSSR count). The fourth-order valence-electron chi connectivity index (χ4n) is 2.41. The Balaban J connectivity index is 2.08. The van der Waals surface area contributed by atoms with E-state index >= 15 is 0 Å². The Morgan fingerprint density at radius 1 is 1.50 bits per heavy atom. The molecule has 100 valence electrons. The summed E-state index contributed by atoms with van der Waals surface area (Å²) in [4.78, 5) is 0. The minimum Gasteiger partial charge on any atom is -0.496 e. The summed E-state index contributed by atoms with van der Waals surface area (Å²) < 4.78 is 11.0. The van der Waals surface area contributed by atoms with Gasteiger partial charge in [0.2, 0.25) is 0 Å². The van der Waals surface area contributed by atoms with Crippen LogP contribution in [0.15, 0.2) is 18.2 Å². The third-order valence-electron chi connectivity index (χ3n) is 4.01. The van der Waals surface area contributed by atoms with Crippen molar-refractivity contribution in [3.63, 3.8) is 0 Å². The number of nitrogens with one attached hydrogen (secondary N) is 1. The van der Waals surface area contributed by atoms with E-state index in [1.807, 2.05) is 6.07 Å². The molecule has 0 amide bonds. The van der Waals surface area contributed by atoms with Gasteiger partial charge in [0, 0.05) is 24.3 Å². The molecular weight excluding hydrogens is 226 g/mol. The zero-order valence-corrected chi connectivity index (χ0v) is 11.7. The molecule has 0 aromatic heterocycles. The average molecular weight is 249 g/mol. The molecule has 1 aromatic carbocycles. The highest BCUT2D eigenvalue weighted by Crippen LogP contribution is 2.27. The Labute approximate surface area is 109 Å². The molecule has 2 atom stereocenters. The van der Waals surface area contributed by atoms with E-state index in [-0.39, 0.29) is 11.6 Å². The largest absolute Gasteiger partial charge is 0.496 e. The van der Waals surface area contributed by atoms with Gasteiger partial charge in [0.05, 0.1) is 13.2 Å². The molecule has 0 radical (unpaired) electrons. The van der Waals surface area contributed by atoms with E-state index in [0.29, 0.717) is 0 Å². The van der Waals surface area contributed by atoms with E-state index < -0.39 is 0 Å². The molecule has 1 N–H and O–H groups in total. The molecule has 0 spiro atoms. The smallest absolute Gasteiger partial charge is 0.123 e. The minimum absolute atomic E-state index is 0.0642. The van der Waals surface area contributed by atoms with E-state index in [2.05, 4.69) is 38.2 Å². The van der Waals surface area contributed by atoms with Crippen molar-refractivity contribution in [1.29, 1.82) is 0 Å². The number of ether oxygens (including phenoxy) is 2. The maximum atomic E-state index is 5.64. The van der Waals surface area contributed by atoms with Crippen molar-refractivity contribution in [1.82, 2.24) is 5.32 Å². The summed E-state index contributed by atoms with van der Waals surface area (Å²) in [5, 5.41) is 3.62. The predicted octanol–water partition coefficient (Wildman–Crippen LogP) is 2.66. The van der Waals surface area contributed by atoms with Crippen molar-refractivity contribution in [2.45, 2.75) is 45.4 Å². The molecule has 1 heterocycles. The van der Waals surface area contributed by atoms with Gasteiger partial charge in [0.1, 0.15) is 5.75 Å². The predicted molar refractivity (Wildman–Crippen MR) is 73.0 cm³/mol. The number of hydrogen-bond donors (Lipinski definition) is 1. The summed E-state index contributed by atoms with van der Waals surface area (Å²) in [6.45, 7) is 8.12. The summed E-state index contributed by atoms with van der Waals surface area (Å²) in [5.41, 5.74) is 2.53. The fraction of sp³-hybridized carbons (Fsp3) is 0.600. The van der Waals surface area contributed by atoms with Crippen molar-refractivity contribution in [3.05, 3.63) is 29.3 Å². The van der Waals surface area contributed by atoms with Crippen LogP contribution in [-0.2, 0) is 11.3 Å². The van der Waals surface area contributed by atoms with Crippen molar-refractivity contribution in [2.75, 3.05) is 13.7 Å². The Morgan fingerprint density at radius 2 is 2.28 bits per heavy atom. The molecule has 1 aliphatic rings. The lowest BCUT2D eigenvalue weighted by atomic mass is 9.94. The van der Waals surface area contributed by atoms with E-state index in [1.165, 1.54) is 11.1 Å². The highest BCUT2D eigenvalue weighted by molar-refractivity contribution is 5.36. The maximum absolute atomic E-state index is 5.64. The number of rotatable bonds is 4. The molecule has 1 fully saturated rings. The fourth-order valence-corrected chi connectivity index (χ4v) is 2.41. The van der Waals surface area contributed by atoms with Crippen molar-refractivity contribution < 1.29 is 9.47 Å². The van der Waals surface area contributed by atoms with Gasteiger partial charge in [-0.05, 0) is 33.3 Å². The van der Waals surface area contributed by atoms with Crippen LogP contribution in [0.1, 0.15) is 31.4 Å². The number of benzene rings is 1. The van der Waals surface area contributed by atoms with E-state index in [0.717, 1.165) is 25.3 Å². The van der Waals surface area contributed by atoms with Crippen molar-refractivity contribution in [2.24, 2.45) is 0 Å². The van der Waals surface area contributed by atoms with Crippen LogP contribution in [0.3, 0.4) is 0 Å². The van der Waals surface area contributed by atoms with E-state index in [1.54, 1.807) is 7.11 Å². The quantitative estimate of drug-likeness (QED) is 0.890. The topological polar surface area (TPSA) is 30.5 Å². The molecule has 2 unspecified atom stereocenters. The Kier molecular flexibility index (Phi) is 3.93. The van der Waals surface area contributed by atoms with Crippen LogP contribution in [0.5, 0.6) is 5.75 Å². The lowest BCUT2D eigenvalue weighted by molar-refractivity contribution is 0.0880. The van der Waals surface area contributed by atoms with Gasteiger partial charge in [-0.15, -0.1) is 0 Å². The monoisotopic (exact) mass is 249 g/mol. The third kappa shape index (κ3) is 2.68. The lowest BCUT2D eigenvalue weighted by Crippen LogP contribution is -2.47. The molecule has 1 saturated heterocycles. The highest BCUT2D eigenvalue weighted by Gasteiger charge is 2.36. The highest BCUT2D eigenvalue weighted by atomic mass is 16.5. The second-order valence-electron chi connectivity index (χ2n) is 5.35. The van der Waals surface area contributed by atoms with E-state index in [9.17, 15) is 0 Å². The summed E-state index contributed by atoms with van der Waals surface area (Å²) in [7, 11) is 1.72. The van der Waals surface area contributed by atoms with Crippen LogP contribution in [0.25, 0.3) is 0 Å². The van der Waals surface area contributed by atoms with Crippen LogP contribution in [0, 0.1) is 6.92 Å². The number of methoxy groups -OCH3 is 1. The SMILES string of the molecule is COc1ccc(C)cc1CNC1(C)CCOC1C. The molecule has 0 aliphatic carbocycles. The van der Waals surface area contributed by atoms with Crippen molar-refractivity contribution in [3.8, 4) is 5.75 Å². The first-order valence-electron chi connectivity index (χ1n) is 6.55. The Hall–Kier alpha value is -1.06. The van der Waals surface area contributed by atoms with Crippen LogP contribution in [0.2, 0.25) is 0 Å². The maximum Gasteiger partial charge on any atom is 0.123 e. The van der Waals surface area contributed by atoms with Crippen LogP contribution in [0.4, 0.5) is 0 Å². The van der Waals surface area contributed by atoms with Crippen LogP contribution >= 0.6 is 0 Å². The van der Waals surface area contributed by atoms with Gasteiger partial charge in [0.25, 0.3) is 0 Å². The third-order valence-corrected chi connectivity index (χ3v) is 4.01. The minimum atomic E-state index is 0.0642. The van der Waals surface area contributed by atoms with Crippen LogP contribution < -0.4 is 10.1 Å². The normalized spacial score (nSPS) is 27.4. The second-order valence-corrected chi connectivity index (χ2v) is 5.35. The van der Waals surface area contributed by atoms with Gasteiger partial charge >= 0.3 is 0 Å². The van der Waals surface area contributed by atoms with Gasteiger partial charge in [-0.2, -0.15) is 0 Å². The first-order valence-corrected chi connectivity index (χ1v) is 6.55. The molecule has 0 bridgehead atoms. The summed E-state index contributed by atoms with van der Waals surface area (Å²) >= 11 is 0. The molecule has 1 aliphatic heterocycles. The zero-order chi connectivity index (χ0) is 13.2. The molecule has 1 aromatic rings. The lowest BCUT2D eigenvalue weighted by Gasteiger charge is -2.29. The molecule has 3 heteroatoms. The summed E-state index contributed by atoms with van der Waals surface area (Å²) in [5.74, 6) is 0.947. The van der Waals surface area contributed by atoms with Gasteiger partial charge in [0.15, 0.2) is 0 Å². The first-order chi connectivity index (χ1) is 8.55. The van der Waals surface area contributed by atoms with Gasteiger partial charge in [-0.3, -0.25) is 0 Å². The standard InChI is InChI=1S/C15H23NO2/c1-11-5-6-14(17-4)13(9-11)10-16-15(3)7-8-18-12(15)2/h5-6,9,12,16H,7-8,10H2,1-4H3.